The van der Waals surface area contributed by atoms with Crippen LogP contribution in [0.15, 0.2) is 36.4 Å². The third-order valence-corrected chi connectivity index (χ3v) is 2.84. The Bertz CT molecular complexity index is 533. The molecule has 7 N–H and O–H groups in total. The monoisotopic (exact) mass is 259 g/mol. The zero-order valence-electron chi connectivity index (χ0n) is 10.4. The molecular weight excluding hydrogens is 242 g/mol. The molecule has 0 aromatic heterocycles. The van der Waals surface area contributed by atoms with Crippen LogP contribution in [0.2, 0.25) is 0 Å². The standard InChI is InChI=1S/C14H17N3O2/c15-11-1-3-13(18)9(5-11)7-17-8-10-6-12(16)2-4-14(10)19/h1-6,17-19H,7-8,15-16H2. The van der Waals surface area contributed by atoms with Gasteiger partial charge in [-0.15, -0.1) is 0 Å². The molecule has 0 unspecified atom stereocenters. The van der Waals surface area contributed by atoms with Crippen molar-refractivity contribution in [3.63, 3.8) is 0 Å². The molecule has 5 heteroatoms. The summed E-state index contributed by atoms with van der Waals surface area (Å²) in [5.41, 5.74) is 13.9. The van der Waals surface area contributed by atoms with Crippen molar-refractivity contribution in [1.82, 2.24) is 5.32 Å². The molecule has 0 saturated carbocycles. The Morgan fingerprint density at radius 2 is 1.21 bits per heavy atom. The first-order valence-electron chi connectivity index (χ1n) is 5.91. The second-order valence-corrected chi connectivity index (χ2v) is 4.38. The van der Waals surface area contributed by atoms with Crippen LogP contribution in [-0.4, -0.2) is 10.2 Å². The van der Waals surface area contributed by atoms with Gasteiger partial charge in [-0.2, -0.15) is 0 Å². The van der Waals surface area contributed by atoms with E-state index in [2.05, 4.69) is 5.32 Å². The highest BCUT2D eigenvalue weighted by Gasteiger charge is 2.04. The second-order valence-electron chi connectivity index (χ2n) is 4.38. The summed E-state index contributed by atoms with van der Waals surface area (Å²) in [6.45, 7) is 0.899. The van der Waals surface area contributed by atoms with Crippen molar-refractivity contribution in [2.45, 2.75) is 13.1 Å². The van der Waals surface area contributed by atoms with Crippen molar-refractivity contribution in [3.8, 4) is 11.5 Å². The van der Waals surface area contributed by atoms with Crippen molar-refractivity contribution < 1.29 is 10.2 Å². The Balaban J connectivity index is 2.00. The van der Waals surface area contributed by atoms with Gasteiger partial charge in [0.2, 0.25) is 0 Å². The van der Waals surface area contributed by atoms with E-state index in [1.165, 1.54) is 0 Å². The SMILES string of the molecule is Nc1ccc(O)c(CNCc2cc(N)ccc2O)c1. The van der Waals surface area contributed by atoms with Crippen LogP contribution in [0.5, 0.6) is 11.5 Å². The first kappa shape index (κ1) is 13.0. The molecule has 5 nitrogen and oxygen atoms in total. The number of hydrogen-bond donors (Lipinski definition) is 5. The van der Waals surface area contributed by atoms with Crippen molar-refractivity contribution >= 4 is 11.4 Å². The predicted octanol–water partition coefficient (Wildman–Crippen LogP) is 1.55. The summed E-state index contributed by atoms with van der Waals surface area (Å²) in [7, 11) is 0. The number of phenolic OH excluding ortho intramolecular Hbond substituents is 2. The van der Waals surface area contributed by atoms with Crippen LogP contribution in [0.1, 0.15) is 11.1 Å². The number of hydrogen-bond acceptors (Lipinski definition) is 5. The molecule has 2 aromatic rings. The molecule has 0 spiro atoms. The molecule has 19 heavy (non-hydrogen) atoms. The van der Waals surface area contributed by atoms with Gasteiger partial charge >= 0.3 is 0 Å². The maximum Gasteiger partial charge on any atom is 0.120 e. The number of nitrogens with two attached hydrogens (primary N) is 2. The Morgan fingerprint density at radius 3 is 1.63 bits per heavy atom. The molecule has 0 heterocycles. The summed E-state index contributed by atoms with van der Waals surface area (Å²) in [5.74, 6) is 0.386. The van der Waals surface area contributed by atoms with Crippen molar-refractivity contribution in [2.24, 2.45) is 0 Å². The highest BCUT2D eigenvalue weighted by atomic mass is 16.3. The summed E-state index contributed by atoms with van der Waals surface area (Å²) in [6, 6.07) is 9.82. The molecule has 0 fully saturated rings. The van der Waals surface area contributed by atoms with Crippen LogP contribution >= 0.6 is 0 Å². The average molecular weight is 259 g/mol. The fourth-order valence-corrected chi connectivity index (χ4v) is 1.83. The molecule has 0 aliphatic rings. The minimum Gasteiger partial charge on any atom is -0.508 e. The van der Waals surface area contributed by atoms with E-state index in [1.807, 2.05) is 0 Å². The molecule has 0 bridgehead atoms. The molecule has 0 radical (unpaired) electrons. The maximum absolute atomic E-state index is 9.67. The maximum atomic E-state index is 9.67. The van der Waals surface area contributed by atoms with Crippen LogP contribution in [-0.2, 0) is 13.1 Å². The molecule has 0 aliphatic heterocycles. The van der Waals surface area contributed by atoms with Gasteiger partial charge in [-0.25, -0.2) is 0 Å². The normalized spacial score (nSPS) is 10.5. The first-order chi connectivity index (χ1) is 9.06. The van der Waals surface area contributed by atoms with E-state index in [0.29, 0.717) is 35.6 Å². The molecule has 0 aliphatic carbocycles. The smallest absolute Gasteiger partial charge is 0.120 e. The Morgan fingerprint density at radius 1 is 0.789 bits per heavy atom. The van der Waals surface area contributed by atoms with Gasteiger partial charge in [0.25, 0.3) is 0 Å². The minimum absolute atomic E-state index is 0.193. The predicted molar refractivity (Wildman–Crippen MR) is 75.6 cm³/mol. The van der Waals surface area contributed by atoms with Crippen LogP contribution in [0.3, 0.4) is 0 Å². The largest absolute Gasteiger partial charge is 0.508 e. The van der Waals surface area contributed by atoms with E-state index < -0.39 is 0 Å². The number of anilines is 2. The summed E-state index contributed by atoms with van der Waals surface area (Å²) in [4.78, 5) is 0. The van der Waals surface area contributed by atoms with E-state index >= 15 is 0 Å². The number of phenols is 2. The molecule has 0 atom stereocenters. The van der Waals surface area contributed by atoms with Crippen LogP contribution in [0.4, 0.5) is 11.4 Å². The third kappa shape index (κ3) is 3.29. The van der Waals surface area contributed by atoms with E-state index in [4.69, 9.17) is 11.5 Å². The van der Waals surface area contributed by atoms with Gasteiger partial charge in [0, 0.05) is 35.6 Å². The molecule has 2 aromatic carbocycles. The highest BCUT2D eigenvalue weighted by molar-refractivity contribution is 5.48. The molecular formula is C14H17N3O2. The molecule has 0 saturated heterocycles. The zero-order chi connectivity index (χ0) is 13.8. The first-order valence-corrected chi connectivity index (χ1v) is 5.91. The lowest BCUT2D eigenvalue weighted by Crippen LogP contribution is -2.13. The Kier molecular flexibility index (Phi) is 3.77. The van der Waals surface area contributed by atoms with Gasteiger partial charge in [-0.3, -0.25) is 0 Å². The minimum atomic E-state index is 0.193. The number of aromatic hydroxyl groups is 2. The van der Waals surface area contributed by atoms with E-state index in [1.54, 1.807) is 36.4 Å². The summed E-state index contributed by atoms with van der Waals surface area (Å²) in [6.07, 6.45) is 0. The van der Waals surface area contributed by atoms with E-state index in [9.17, 15) is 10.2 Å². The summed E-state index contributed by atoms with van der Waals surface area (Å²) in [5, 5.41) is 22.5. The van der Waals surface area contributed by atoms with Gasteiger partial charge in [0.1, 0.15) is 11.5 Å². The number of rotatable bonds is 4. The fourth-order valence-electron chi connectivity index (χ4n) is 1.83. The van der Waals surface area contributed by atoms with Gasteiger partial charge in [-0.1, -0.05) is 0 Å². The lowest BCUT2D eigenvalue weighted by Gasteiger charge is -2.09. The van der Waals surface area contributed by atoms with Crippen molar-refractivity contribution in [3.05, 3.63) is 47.5 Å². The fraction of sp³-hybridized carbons (Fsp3) is 0.143. The van der Waals surface area contributed by atoms with Gasteiger partial charge in [0.05, 0.1) is 0 Å². The summed E-state index contributed by atoms with van der Waals surface area (Å²) < 4.78 is 0. The lowest BCUT2D eigenvalue weighted by atomic mass is 10.1. The second kappa shape index (κ2) is 5.49. The number of nitrogens with one attached hydrogen (secondary N) is 1. The number of nitrogen functional groups attached to an aromatic ring is 2. The third-order valence-electron chi connectivity index (χ3n) is 2.84. The van der Waals surface area contributed by atoms with E-state index in [-0.39, 0.29) is 11.5 Å². The van der Waals surface area contributed by atoms with Crippen LogP contribution in [0.25, 0.3) is 0 Å². The Labute approximate surface area is 111 Å². The van der Waals surface area contributed by atoms with Gasteiger partial charge < -0.3 is 27.0 Å². The van der Waals surface area contributed by atoms with Gasteiger partial charge in [0.15, 0.2) is 0 Å². The zero-order valence-corrected chi connectivity index (χ0v) is 10.4. The molecule has 100 valence electrons. The molecule has 2 rings (SSSR count). The molecule has 0 amide bonds. The number of benzene rings is 2. The summed E-state index contributed by atoms with van der Waals surface area (Å²) >= 11 is 0. The van der Waals surface area contributed by atoms with E-state index in [0.717, 1.165) is 0 Å². The lowest BCUT2D eigenvalue weighted by molar-refractivity contribution is 0.459. The quantitative estimate of drug-likeness (QED) is 0.423. The van der Waals surface area contributed by atoms with Crippen LogP contribution in [0, 0.1) is 0 Å². The van der Waals surface area contributed by atoms with Crippen LogP contribution < -0.4 is 16.8 Å². The topological polar surface area (TPSA) is 105 Å². The highest BCUT2D eigenvalue weighted by Crippen LogP contribution is 2.21. The Hall–Kier alpha value is -2.40. The van der Waals surface area contributed by atoms with Crippen molar-refractivity contribution in [1.29, 1.82) is 0 Å². The average Bonchev–Trinajstić information content (AvgIpc) is 2.38. The van der Waals surface area contributed by atoms with Gasteiger partial charge in [-0.05, 0) is 36.4 Å². The van der Waals surface area contributed by atoms with Crippen molar-refractivity contribution in [2.75, 3.05) is 11.5 Å².